The van der Waals surface area contributed by atoms with Crippen LogP contribution in [0.1, 0.15) is 31.9 Å². The average Bonchev–Trinajstić information content (AvgIpc) is 3.00. The number of rotatable bonds is 6. The summed E-state index contributed by atoms with van der Waals surface area (Å²) in [6, 6.07) is 8.72. The summed E-state index contributed by atoms with van der Waals surface area (Å²) in [5.74, 6) is 1.08. The Balaban J connectivity index is 2.01. The van der Waals surface area contributed by atoms with E-state index in [0.29, 0.717) is 0 Å². The molecule has 1 aliphatic rings. The molecular weight excluding hydrogens is 316 g/mol. The quantitative estimate of drug-likeness (QED) is 0.766. The molecule has 128 valence electrons. The van der Waals surface area contributed by atoms with Crippen molar-refractivity contribution in [2.45, 2.75) is 27.2 Å². The van der Waals surface area contributed by atoms with Gasteiger partial charge in [-0.3, -0.25) is 0 Å². The summed E-state index contributed by atoms with van der Waals surface area (Å²) in [5.41, 5.74) is 4.65. The van der Waals surface area contributed by atoms with Gasteiger partial charge in [-0.2, -0.15) is 0 Å². The van der Waals surface area contributed by atoms with Gasteiger partial charge in [-0.25, -0.2) is 4.99 Å². The van der Waals surface area contributed by atoms with E-state index in [0.717, 1.165) is 49.8 Å². The van der Waals surface area contributed by atoms with Gasteiger partial charge in [0.25, 0.3) is 0 Å². The molecule has 0 radical (unpaired) electrons. The fraction of sp³-hybridized carbons (Fsp3) is 0.421. The molecule has 0 atom stereocenters. The third-order valence-corrected chi connectivity index (χ3v) is 5.17. The zero-order valence-corrected chi connectivity index (χ0v) is 15.5. The van der Waals surface area contributed by atoms with Gasteiger partial charge in [0.2, 0.25) is 0 Å². The molecule has 5 heteroatoms. The first-order valence-electron chi connectivity index (χ1n) is 8.79. The van der Waals surface area contributed by atoms with Crippen LogP contribution in [0.4, 0.5) is 16.4 Å². The van der Waals surface area contributed by atoms with Gasteiger partial charge in [-0.15, -0.1) is 11.3 Å². The number of nitrogens with zero attached hydrogens (tertiary/aromatic N) is 2. The Morgan fingerprint density at radius 1 is 1.21 bits per heavy atom. The molecule has 0 aliphatic carbocycles. The molecule has 4 nitrogen and oxygen atoms in total. The smallest absolute Gasteiger partial charge is 0.139 e. The molecule has 2 heterocycles. The fourth-order valence-electron chi connectivity index (χ4n) is 2.92. The monoisotopic (exact) mass is 342 g/mol. The second-order valence-corrected chi connectivity index (χ2v) is 6.78. The van der Waals surface area contributed by atoms with Crippen molar-refractivity contribution in [1.29, 1.82) is 0 Å². The largest absolute Gasteiger partial charge is 0.355 e. The van der Waals surface area contributed by atoms with Gasteiger partial charge in [0.1, 0.15) is 10.8 Å². The van der Waals surface area contributed by atoms with E-state index in [1.807, 2.05) is 0 Å². The minimum absolute atomic E-state index is 0.947. The maximum absolute atomic E-state index is 5.07. The lowest BCUT2D eigenvalue weighted by Crippen LogP contribution is -2.37. The van der Waals surface area contributed by atoms with Crippen molar-refractivity contribution in [3.8, 4) is 0 Å². The number of thiophene rings is 1. The minimum atomic E-state index is 0.947. The molecule has 0 unspecified atom stereocenters. The SMILES string of the molecule is CCNCCN(CC)C1=Nc2cc(CC)ccc2Nc2sccc21. The first-order valence-corrected chi connectivity index (χ1v) is 9.66. The first kappa shape index (κ1) is 17.0. The van der Waals surface area contributed by atoms with Gasteiger partial charge in [-0.05, 0) is 49.0 Å². The van der Waals surface area contributed by atoms with Crippen LogP contribution in [0.25, 0.3) is 0 Å². The maximum Gasteiger partial charge on any atom is 0.139 e. The predicted octanol–water partition coefficient (Wildman–Crippen LogP) is 4.38. The molecule has 24 heavy (non-hydrogen) atoms. The number of aryl methyl sites for hydroxylation is 1. The minimum Gasteiger partial charge on any atom is -0.355 e. The van der Waals surface area contributed by atoms with E-state index in [9.17, 15) is 0 Å². The molecule has 2 N–H and O–H groups in total. The Bertz CT molecular complexity index is 720. The fourth-order valence-corrected chi connectivity index (χ4v) is 3.72. The molecule has 0 saturated heterocycles. The second kappa shape index (κ2) is 7.81. The number of benzene rings is 1. The zero-order chi connectivity index (χ0) is 16.9. The summed E-state index contributed by atoms with van der Waals surface area (Å²) in [6.45, 7) is 10.4. The lowest BCUT2D eigenvalue weighted by Gasteiger charge is -2.24. The molecule has 0 spiro atoms. The summed E-state index contributed by atoms with van der Waals surface area (Å²) >= 11 is 1.74. The Morgan fingerprint density at radius 3 is 2.83 bits per heavy atom. The van der Waals surface area contributed by atoms with Crippen molar-refractivity contribution < 1.29 is 0 Å². The summed E-state index contributed by atoms with van der Waals surface area (Å²) in [5, 5.41) is 10.3. The number of likely N-dealkylation sites (N-methyl/N-ethyl adjacent to an activating group) is 2. The molecule has 1 aromatic heterocycles. The summed E-state index contributed by atoms with van der Waals surface area (Å²) < 4.78 is 0. The summed E-state index contributed by atoms with van der Waals surface area (Å²) in [7, 11) is 0. The van der Waals surface area contributed by atoms with E-state index in [4.69, 9.17) is 4.99 Å². The highest BCUT2D eigenvalue weighted by atomic mass is 32.1. The molecule has 3 rings (SSSR count). The normalized spacial score (nSPS) is 12.7. The third kappa shape index (κ3) is 3.47. The van der Waals surface area contributed by atoms with Crippen LogP contribution in [-0.4, -0.2) is 36.9 Å². The van der Waals surface area contributed by atoms with E-state index in [1.165, 1.54) is 16.1 Å². The topological polar surface area (TPSA) is 39.7 Å². The van der Waals surface area contributed by atoms with Crippen LogP contribution in [0.2, 0.25) is 0 Å². The zero-order valence-electron chi connectivity index (χ0n) is 14.7. The van der Waals surface area contributed by atoms with Crippen LogP contribution in [-0.2, 0) is 6.42 Å². The molecule has 0 bridgehead atoms. The lowest BCUT2D eigenvalue weighted by atomic mass is 10.1. The van der Waals surface area contributed by atoms with Crippen molar-refractivity contribution in [2.24, 2.45) is 4.99 Å². The third-order valence-electron chi connectivity index (χ3n) is 4.34. The van der Waals surface area contributed by atoms with Gasteiger partial charge in [-0.1, -0.05) is 19.9 Å². The van der Waals surface area contributed by atoms with Gasteiger partial charge in [0, 0.05) is 19.6 Å². The van der Waals surface area contributed by atoms with Crippen molar-refractivity contribution in [1.82, 2.24) is 10.2 Å². The number of aliphatic imine (C=N–C) groups is 1. The van der Waals surface area contributed by atoms with Crippen LogP contribution < -0.4 is 10.6 Å². The second-order valence-electron chi connectivity index (χ2n) is 5.86. The summed E-state index contributed by atoms with van der Waals surface area (Å²) in [6.07, 6.45) is 1.03. The van der Waals surface area contributed by atoms with Crippen LogP contribution in [0, 0.1) is 0 Å². The molecule has 1 aliphatic heterocycles. The predicted molar refractivity (Wildman–Crippen MR) is 105 cm³/mol. The molecule has 2 aromatic rings. The number of fused-ring (bicyclic) bond motifs is 2. The van der Waals surface area contributed by atoms with E-state index in [-0.39, 0.29) is 0 Å². The van der Waals surface area contributed by atoms with Crippen molar-refractivity contribution >= 4 is 33.5 Å². The number of anilines is 2. The molecule has 1 aromatic carbocycles. The molecular formula is C19H26N4S. The van der Waals surface area contributed by atoms with Crippen molar-refractivity contribution in [3.63, 3.8) is 0 Å². The van der Waals surface area contributed by atoms with Crippen LogP contribution in [0.3, 0.4) is 0 Å². The van der Waals surface area contributed by atoms with E-state index in [2.05, 4.69) is 66.0 Å². The van der Waals surface area contributed by atoms with Gasteiger partial charge in [0.15, 0.2) is 0 Å². The average molecular weight is 343 g/mol. The Hall–Kier alpha value is -1.85. The van der Waals surface area contributed by atoms with E-state index < -0.39 is 0 Å². The van der Waals surface area contributed by atoms with Crippen molar-refractivity contribution in [3.05, 3.63) is 40.8 Å². The van der Waals surface area contributed by atoms with Crippen LogP contribution in [0.15, 0.2) is 34.6 Å². The number of hydrogen-bond donors (Lipinski definition) is 2. The highest BCUT2D eigenvalue weighted by Gasteiger charge is 2.21. The highest BCUT2D eigenvalue weighted by Crippen LogP contribution is 2.38. The van der Waals surface area contributed by atoms with E-state index in [1.54, 1.807) is 11.3 Å². The highest BCUT2D eigenvalue weighted by molar-refractivity contribution is 7.14. The number of hydrogen-bond acceptors (Lipinski definition) is 5. The van der Waals surface area contributed by atoms with Gasteiger partial charge < -0.3 is 15.5 Å². The van der Waals surface area contributed by atoms with Gasteiger partial charge in [0.05, 0.1) is 16.9 Å². The Labute approximate surface area is 148 Å². The molecule has 0 saturated carbocycles. The van der Waals surface area contributed by atoms with Crippen molar-refractivity contribution in [2.75, 3.05) is 31.5 Å². The maximum atomic E-state index is 5.07. The Kier molecular flexibility index (Phi) is 5.53. The Morgan fingerprint density at radius 2 is 2.08 bits per heavy atom. The molecule has 0 amide bonds. The summed E-state index contributed by atoms with van der Waals surface area (Å²) in [4.78, 5) is 7.43. The first-order chi connectivity index (χ1) is 11.8. The molecule has 0 fully saturated rings. The lowest BCUT2D eigenvalue weighted by molar-refractivity contribution is 0.433. The standard InChI is InChI=1S/C19H26N4S/c1-4-14-7-8-16-17(13-14)21-18(15-9-12-24-19(15)22-16)23(6-3)11-10-20-5-2/h7-9,12-13,20,22H,4-6,10-11H2,1-3H3. The van der Waals surface area contributed by atoms with E-state index >= 15 is 0 Å². The van der Waals surface area contributed by atoms with Gasteiger partial charge >= 0.3 is 0 Å². The number of amidine groups is 1. The van der Waals surface area contributed by atoms with Crippen LogP contribution in [0.5, 0.6) is 0 Å². The van der Waals surface area contributed by atoms with Crippen LogP contribution >= 0.6 is 11.3 Å². The number of nitrogens with one attached hydrogen (secondary N) is 2.